The molecule has 0 saturated carbocycles. The number of aromatic nitrogens is 4. The summed E-state index contributed by atoms with van der Waals surface area (Å²) in [5.41, 5.74) is 2.57. The molecule has 3 heterocycles. The summed E-state index contributed by atoms with van der Waals surface area (Å²) in [5, 5.41) is 21.3. The molecule has 1 aliphatic heterocycles. The Balaban J connectivity index is 1.68. The molecule has 0 unspecified atom stereocenters. The van der Waals surface area contributed by atoms with Crippen molar-refractivity contribution in [2.24, 2.45) is 5.92 Å². The first-order valence-electron chi connectivity index (χ1n) is 8.21. The van der Waals surface area contributed by atoms with Crippen LogP contribution in [0.1, 0.15) is 19.8 Å². The van der Waals surface area contributed by atoms with Crippen LogP contribution in [0.5, 0.6) is 0 Å². The van der Waals surface area contributed by atoms with E-state index in [2.05, 4.69) is 38.0 Å². The average Bonchev–Trinajstić information content (AvgIpc) is 3.24. The van der Waals surface area contributed by atoms with E-state index in [4.69, 9.17) is 4.42 Å². The van der Waals surface area contributed by atoms with Crippen LogP contribution in [0, 0.1) is 5.92 Å². The summed E-state index contributed by atoms with van der Waals surface area (Å²) in [6.07, 6.45) is 4.13. The Kier molecular flexibility index (Phi) is 3.81. The number of nitrogens with zero attached hydrogens (tertiary/aromatic N) is 2. The van der Waals surface area contributed by atoms with Crippen molar-refractivity contribution < 1.29 is 4.42 Å². The molecule has 1 saturated heterocycles. The maximum absolute atomic E-state index is 11.2. The molecule has 8 heteroatoms. The number of benzene rings is 1. The van der Waals surface area contributed by atoms with Crippen LogP contribution in [0.2, 0.25) is 0 Å². The number of hydrogen-bond donors (Lipinski definition) is 4. The Morgan fingerprint density at radius 2 is 2.12 bits per heavy atom. The third-order valence-corrected chi connectivity index (χ3v) is 4.72. The summed E-state index contributed by atoms with van der Waals surface area (Å²) in [5.74, 6) is 0.335. The fourth-order valence-corrected chi connectivity index (χ4v) is 3.35. The molecular formula is C16H20N6O2. The Labute approximate surface area is 138 Å². The minimum atomic E-state index is -0.563. The van der Waals surface area contributed by atoms with E-state index in [9.17, 15) is 4.79 Å². The molecule has 1 atom stereocenters. The fourth-order valence-electron chi connectivity index (χ4n) is 3.35. The molecule has 2 aromatic heterocycles. The summed E-state index contributed by atoms with van der Waals surface area (Å²) in [6.45, 7) is 4.34. The van der Waals surface area contributed by atoms with Crippen LogP contribution in [0.3, 0.4) is 0 Å². The van der Waals surface area contributed by atoms with Crippen molar-refractivity contribution in [2.45, 2.75) is 25.8 Å². The van der Waals surface area contributed by atoms with Gasteiger partial charge in [0.2, 0.25) is 5.89 Å². The highest BCUT2D eigenvalue weighted by Gasteiger charge is 2.21. The molecule has 1 fully saturated rings. The Morgan fingerprint density at radius 1 is 1.29 bits per heavy atom. The van der Waals surface area contributed by atoms with Gasteiger partial charge in [-0.3, -0.25) is 5.10 Å². The van der Waals surface area contributed by atoms with E-state index in [-0.39, 0.29) is 5.89 Å². The highest BCUT2D eigenvalue weighted by molar-refractivity contribution is 5.94. The molecule has 4 N–H and O–H groups in total. The molecule has 126 valence electrons. The SMILES string of the molecule is C[C@H](Nc1cc(-c2n[nH]c(=O)o2)cc2[nH]ncc12)C1CCNCC1. The minimum absolute atomic E-state index is 0.272. The van der Waals surface area contributed by atoms with Crippen molar-refractivity contribution >= 4 is 16.6 Å². The quantitative estimate of drug-likeness (QED) is 0.580. The summed E-state index contributed by atoms with van der Waals surface area (Å²) < 4.78 is 5.08. The maximum atomic E-state index is 11.2. The normalized spacial score (nSPS) is 17.2. The first kappa shape index (κ1) is 14.9. The number of H-pyrrole nitrogens is 2. The van der Waals surface area contributed by atoms with E-state index in [0.717, 1.165) is 48.1 Å². The van der Waals surface area contributed by atoms with Gasteiger partial charge in [0.25, 0.3) is 0 Å². The van der Waals surface area contributed by atoms with E-state index >= 15 is 0 Å². The van der Waals surface area contributed by atoms with Crippen molar-refractivity contribution in [3.05, 3.63) is 28.9 Å². The van der Waals surface area contributed by atoms with Crippen molar-refractivity contribution in [3.8, 4) is 11.5 Å². The van der Waals surface area contributed by atoms with Crippen LogP contribution in [-0.2, 0) is 0 Å². The second kappa shape index (κ2) is 6.12. The molecule has 8 nitrogen and oxygen atoms in total. The third-order valence-electron chi connectivity index (χ3n) is 4.72. The highest BCUT2D eigenvalue weighted by Crippen LogP contribution is 2.30. The van der Waals surface area contributed by atoms with Crippen LogP contribution in [0.15, 0.2) is 27.5 Å². The molecule has 1 aromatic carbocycles. The van der Waals surface area contributed by atoms with Crippen LogP contribution >= 0.6 is 0 Å². The number of anilines is 1. The van der Waals surface area contributed by atoms with E-state index < -0.39 is 5.76 Å². The van der Waals surface area contributed by atoms with Crippen LogP contribution in [0.25, 0.3) is 22.4 Å². The molecule has 0 spiro atoms. The second-order valence-electron chi connectivity index (χ2n) is 6.29. The number of nitrogens with one attached hydrogen (secondary N) is 4. The number of hydrogen-bond acceptors (Lipinski definition) is 6. The number of aromatic amines is 2. The van der Waals surface area contributed by atoms with Crippen molar-refractivity contribution in [1.82, 2.24) is 25.7 Å². The van der Waals surface area contributed by atoms with Gasteiger partial charge in [-0.25, -0.2) is 9.89 Å². The molecule has 1 aliphatic rings. The zero-order chi connectivity index (χ0) is 16.5. The van der Waals surface area contributed by atoms with Gasteiger partial charge in [-0.15, -0.1) is 5.10 Å². The molecule has 0 aliphatic carbocycles. The molecular weight excluding hydrogens is 308 g/mol. The zero-order valence-corrected chi connectivity index (χ0v) is 13.4. The van der Waals surface area contributed by atoms with E-state index in [0.29, 0.717) is 12.0 Å². The van der Waals surface area contributed by atoms with E-state index in [1.165, 1.54) is 0 Å². The third kappa shape index (κ3) is 2.80. The molecule has 4 rings (SSSR count). The molecule has 0 amide bonds. The average molecular weight is 328 g/mol. The standard InChI is InChI=1S/C16H20N6O2/c1-9(10-2-4-17-5-3-10)19-13-6-11(15-21-22-16(23)24-15)7-14-12(13)8-18-20-14/h6-10,17,19H,2-5H2,1H3,(H,18,20)(H,22,23)/t9-/m0/s1. The monoisotopic (exact) mass is 328 g/mol. The number of rotatable bonds is 4. The van der Waals surface area contributed by atoms with Gasteiger partial charge >= 0.3 is 5.76 Å². The van der Waals surface area contributed by atoms with Gasteiger partial charge in [0, 0.05) is 22.7 Å². The topological polar surface area (TPSA) is 112 Å². The lowest BCUT2D eigenvalue weighted by Gasteiger charge is -2.29. The van der Waals surface area contributed by atoms with Crippen molar-refractivity contribution in [1.29, 1.82) is 0 Å². The summed E-state index contributed by atoms with van der Waals surface area (Å²) in [6, 6.07) is 4.17. The smallest absolute Gasteiger partial charge is 0.388 e. The van der Waals surface area contributed by atoms with Gasteiger partial charge in [0.15, 0.2) is 0 Å². The first-order valence-corrected chi connectivity index (χ1v) is 8.21. The Morgan fingerprint density at radius 3 is 2.88 bits per heavy atom. The van der Waals surface area contributed by atoms with Gasteiger partial charge in [-0.05, 0) is 50.9 Å². The predicted molar refractivity (Wildman–Crippen MR) is 90.9 cm³/mol. The van der Waals surface area contributed by atoms with Gasteiger partial charge in [0.05, 0.1) is 11.7 Å². The van der Waals surface area contributed by atoms with Gasteiger partial charge in [-0.1, -0.05) is 0 Å². The lowest BCUT2D eigenvalue weighted by Crippen LogP contribution is -2.36. The first-order chi connectivity index (χ1) is 11.7. The summed E-state index contributed by atoms with van der Waals surface area (Å²) in [7, 11) is 0. The predicted octanol–water partition coefficient (Wildman–Crippen LogP) is 1.71. The van der Waals surface area contributed by atoms with E-state index in [1.807, 2.05) is 12.1 Å². The minimum Gasteiger partial charge on any atom is -0.388 e. The maximum Gasteiger partial charge on any atom is 0.434 e. The second-order valence-corrected chi connectivity index (χ2v) is 6.29. The van der Waals surface area contributed by atoms with Gasteiger partial charge in [-0.2, -0.15) is 5.10 Å². The molecule has 24 heavy (non-hydrogen) atoms. The fraction of sp³-hybridized carbons (Fsp3) is 0.438. The van der Waals surface area contributed by atoms with Crippen LogP contribution in [-0.4, -0.2) is 39.5 Å². The molecule has 3 aromatic rings. The van der Waals surface area contributed by atoms with Crippen molar-refractivity contribution in [3.63, 3.8) is 0 Å². The Bertz CT molecular complexity index is 889. The van der Waals surface area contributed by atoms with E-state index in [1.54, 1.807) is 6.20 Å². The largest absolute Gasteiger partial charge is 0.434 e. The van der Waals surface area contributed by atoms with Crippen molar-refractivity contribution in [2.75, 3.05) is 18.4 Å². The molecule has 0 bridgehead atoms. The number of piperidine rings is 1. The Hall–Kier alpha value is -2.61. The van der Waals surface area contributed by atoms with Gasteiger partial charge < -0.3 is 15.1 Å². The lowest BCUT2D eigenvalue weighted by molar-refractivity contribution is 0.343. The zero-order valence-electron chi connectivity index (χ0n) is 13.4. The highest BCUT2D eigenvalue weighted by atomic mass is 16.4. The summed E-state index contributed by atoms with van der Waals surface area (Å²) >= 11 is 0. The number of fused-ring (bicyclic) bond motifs is 1. The lowest BCUT2D eigenvalue weighted by atomic mass is 9.91. The van der Waals surface area contributed by atoms with Gasteiger partial charge in [0.1, 0.15) is 0 Å². The van der Waals surface area contributed by atoms with Crippen LogP contribution < -0.4 is 16.4 Å². The summed E-state index contributed by atoms with van der Waals surface area (Å²) in [4.78, 5) is 11.2. The molecule has 0 radical (unpaired) electrons. The van der Waals surface area contributed by atoms with Crippen LogP contribution in [0.4, 0.5) is 5.69 Å².